The molecular formula is C3H5NO3. The normalized spacial score (nSPS) is 7.57. The van der Waals surface area contributed by atoms with Crippen molar-refractivity contribution in [3.8, 4) is 0 Å². The van der Waals surface area contributed by atoms with Gasteiger partial charge in [0.1, 0.15) is 0 Å². The summed E-state index contributed by atoms with van der Waals surface area (Å²) in [6, 6.07) is 0. The third-order valence-corrected chi connectivity index (χ3v) is 0.321. The van der Waals surface area contributed by atoms with Gasteiger partial charge in [-0.3, -0.25) is 4.79 Å². The van der Waals surface area contributed by atoms with Crippen LogP contribution in [-0.2, 0) is 9.53 Å². The van der Waals surface area contributed by atoms with Gasteiger partial charge in [-0.1, -0.05) is 0 Å². The van der Waals surface area contributed by atoms with Crippen molar-refractivity contribution in [3.05, 3.63) is 4.91 Å². The van der Waals surface area contributed by atoms with Gasteiger partial charge in [0.15, 0.2) is 0 Å². The van der Waals surface area contributed by atoms with Crippen molar-refractivity contribution in [2.45, 2.75) is 6.92 Å². The highest BCUT2D eigenvalue weighted by Crippen LogP contribution is 1.73. The Labute approximate surface area is 40.4 Å². The number of carbonyl (C=O) groups excluding carboxylic acids is 1. The fourth-order valence-corrected chi connectivity index (χ4v) is 0.117. The molecule has 4 nitrogen and oxygen atoms in total. The van der Waals surface area contributed by atoms with Gasteiger partial charge in [-0.15, -0.1) is 4.91 Å². The van der Waals surface area contributed by atoms with Gasteiger partial charge in [0, 0.05) is 6.92 Å². The quantitative estimate of drug-likeness (QED) is 0.372. The van der Waals surface area contributed by atoms with E-state index >= 15 is 0 Å². The first-order valence-corrected chi connectivity index (χ1v) is 1.70. The zero-order valence-corrected chi connectivity index (χ0v) is 3.88. The third kappa shape index (κ3) is 5.07. The van der Waals surface area contributed by atoms with Crippen LogP contribution < -0.4 is 0 Å². The van der Waals surface area contributed by atoms with Gasteiger partial charge < -0.3 is 4.74 Å². The minimum atomic E-state index is -0.486. The molecular weight excluding hydrogens is 98.0 g/mol. The Balaban J connectivity index is 2.97. The van der Waals surface area contributed by atoms with Crippen LogP contribution in [0.25, 0.3) is 0 Å². The van der Waals surface area contributed by atoms with E-state index in [2.05, 4.69) is 9.91 Å². The maximum atomic E-state index is 9.78. The first-order chi connectivity index (χ1) is 3.27. The number of carbonyl (C=O) groups is 1. The smallest absolute Gasteiger partial charge is 0.304 e. The van der Waals surface area contributed by atoms with E-state index in [1.165, 1.54) is 6.92 Å². The lowest BCUT2D eigenvalue weighted by Gasteiger charge is -1.87. The van der Waals surface area contributed by atoms with Crippen molar-refractivity contribution in [3.63, 3.8) is 0 Å². The van der Waals surface area contributed by atoms with Crippen LogP contribution in [0, 0.1) is 4.91 Å². The minimum Gasteiger partial charge on any atom is -0.439 e. The van der Waals surface area contributed by atoms with Gasteiger partial charge >= 0.3 is 5.97 Å². The van der Waals surface area contributed by atoms with E-state index in [0.29, 0.717) is 0 Å². The summed E-state index contributed by atoms with van der Waals surface area (Å²) < 4.78 is 4.07. The molecule has 0 unspecified atom stereocenters. The zero-order valence-electron chi connectivity index (χ0n) is 3.88. The van der Waals surface area contributed by atoms with Crippen molar-refractivity contribution in [1.82, 2.24) is 0 Å². The summed E-state index contributed by atoms with van der Waals surface area (Å²) in [5.41, 5.74) is 0. The molecule has 40 valence electrons. The van der Waals surface area contributed by atoms with Gasteiger partial charge in [0.2, 0.25) is 6.73 Å². The van der Waals surface area contributed by atoms with Gasteiger partial charge in [-0.05, 0) is 5.18 Å². The summed E-state index contributed by atoms with van der Waals surface area (Å²) >= 11 is 0. The van der Waals surface area contributed by atoms with Crippen LogP contribution in [-0.4, -0.2) is 12.7 Å². The van der Waals surface area contributed by atoms with Gasteiger partial charge in [-0.25, -0.2) is 0 Å². The van der Waals surface area contributed by atoms with E-state index in [0.717, 1.165) is 0 Å². The van der Waals surface area contributed by atoms with Crippen LogP contribution >= 0.6 is 0 Å². The summed E-state index contributed by atoms with van der Waals surface area (Å²) in [4.78, 5) is 19.0. The molecule has 0 amide bonds. The monoisotopic (exact) mass is 103 g/mol. The van der Waals surface area contributed by atoms with E-state index in [1.807, 2.05) is 0 Å². The fraction of sp³-hybridized carbons (Fsp3) is 0.667. The van der Waals surface area contributed by atoms with Crippen molar-refractivity contribution < 1.29 is 9.53 Å². The van der Waals surface area contributed by atoms with Gasteiger partial charge in [-0.2, -0.15) is 0 Å². The molecule has 0 spiro atoms. The predicted octanol–water partition coefficient (Wildman–Crippen LogP) is 0.273. The van der Waals surface area contributed by atoms with Gasteiger partial charge in [0.25, 0.3) is 0 Å². The molecule has 4 heteroatoms. The fourth-order valence-electron chi connectivity index (χ4n) is 0.117. The second-order valence-electron chi connectivity index (χ2n) is 0.894. The molecule has 0 aliphatic rings. The predicted molar refractivity (Wildman–Crippen MR) is 22.4 cm³/mol. The molecule has 0 aromatic carbocycles. The molecule has 0 aliphatic heterocycles. The molecule has 0 aliphatic carbocycles. The summed E-state index contributed by atoms with van der Waals surface area (Å²) in [6.07, 6.45) is 0. The number of esters is 1. The molecule has 0 heterocycles. The zero-order chi connectivity index (χ0) is 5.70. The lowest BCUT2D eigenvalue weighted by molar-refractivity contribution is -0.140. The Hall–Kier alpha value is -0.930. The standard InChI is InChI=1S/C3H5NO3/c1-3(5)7-2-4-6/h2H2,1H3. The van der Waals surface area contributed by atoms with Crippen molar-refractivity contribution >= 4 is 5.97 Å². The molecule has 0 saturated carbocycles. The molecule has 0 rings (SSSR count). The van der Waals surface area contributed by atoms with E-state index in [1.54, 1.807) is 0 Å². The lowest BCUT2D eigenvalue weighted by atomic mass is 10.8. The molecule has 0 fully saturated rings. The Bertz CT molecular complexity index is 80.2. The van der Waals surface area contributed by atoms with Crippen molar-refractivity contribution in [2.24, 2.45) is 5.18 Å². The maximum Gasteiger partial charge on any atom is 0.304 e. The van der Waals surface area contributed by atoms with Crippen LogP contribution in [0.2, 0.25) is 0 Å². The Morgan fingerprint density at radius 2 is 2.43 bits per heavy atom. The number of rotatable bonds is 2. The Morgan fingerprint density at radius 1 is 1.86 bits per heavy atom. The largest absolute Gasteiger partial charge is 0.439 e. The van der Waals surface area contributed by atoms with Crippen LogP contribution in [0.1, 0.15) is 6.92 Å². The molecule has 7 heavy (non-hydrogen) atoms. The summed E-state index contributed by atoms with van der Waals surface area (Å²) in [5.74, 6) is -0.486. The molecule has 0 aromatic rings. The first-order valence-electron chi connectivity index (χ1n) is 1.70. The van der Waals surface area contributed by atoms with Crippen LogP contribution in [0.5, 0.6) is 0 Å². The average Bonchev–Trinajstić information content (AvgIpc) is 1.61. The van der Waals surface area contributed by atoms with Crippen molar-refractivity contribution in [1.29, 1.82) is 0 Å². The topological polar surface area (TPSA) is 55.7 Å². The minimum absolute atomic E-state index is 0.380. The molecule has 0 atom stereocenters. The third-order valence-electron chi connectivity index (χ3n) is 0.321. The molecule has 0 saturated heterocycles. The van der Waals surface area contributed by atoms with E-state index in [4.69, 9.17) is 0 Å². The highest BCUT2D eigenvalue weighted by Gasteiger charge is 1.86. The number of hydrogen-bond donors (Lipinski definition) is 0. The number of ether oxygens (including phenoxy) is 1. The summed E-state index contributed by atoms with van der Waals surface area (Å²) in [6.45, 7) is 0.834. The lowest BCUT2D eigenvalue weighted by Crippen LogP contribution is -1.96. The van der Waals surface area contributed by atoms with E-state index in [-0.39, 0.29) is 6.73 Å². The van der Waals surface area contributed by atoms with Crippen LogP contribution in [0.3, 0.4) is 0 Å². The maximum absolute atomic E-state index is 9.78. The number of hydrogen-bond acceptors (Lipinski definition) is 4. The second kappa shape index (κ2) is 3.27. The molecule has 0 N–H and O–H groups in total. The van der Waals surface area contributed by atoms with Crippen LogP contribution in [0.4, 0.5) is 0 Å². The Kier molecular flexibility index (Phi) is 2.83. The number of nitroso groups, excluding NO2 is 1. The van der Waals surface area contributed by atoms with E-state index in [9.17, 15) is 9.70 Å². The van der Waals surface area contributed by atoms with Crippen LogP contribution in [0.15, 0.2) is 5.18 Å². The highest BCUT2D eigenvalue weighted by atomic mass is 16.5. The first kappa shape index (κ1) is 6.07. The van der Waals surface area contributed by atoms with Crippen molar-refractivity contribution in [2.75, 3.05) is 6.73 Å². The summed E-state index contributed by atoms with van der Waals surface area (Å²) in [5, 5.41) is 2.28. The molecule has 0 radical (unpaired) electrons. The second-order valence-corrected chi connectivity index (χ2v) is 0.894. The molecule has 0 aromatic heterocycles. The SMILES string of the molecule is CC(=O)OCN=O. The summed E-state index contributed by atoms with van der Waals surface area (Å²) in [7, 11) is 0. The Morgan fingerprint density at radius 3 is 2.57 bits per heavy atom. The van der Waals surface area contributed by atoms with Gasteiger partial charge in [0.05, 0.1) is 0 Å². The van der Waals surface area contributed by atoms with E-state index < -0.39 is 5.97 Å². The number of nitrogens with zero attached hydrogens (tertiary/aromatic N) is 1. The molecule has 0 bridgehead atoms. The average molecular weight is 103 g/mol. The highest BCUT2D eigenvalue weighted by molar-refractivity contribution is 5.65.